The van der Waals surface area contributed by atoms with E-state index >= 15 is 0 Å². The Kier molecular flexibility index (Phi) is 7.04. The fourth-order valence-corrected chi connectivity index (χ4v) is 3.25. The van der Waals surface area contributed by atoms with E-state index in [4.69, 9.17) is 23.2 Å². The van der Waals surface area contributed by atoms with Gasteiger partial charge in [0.05, 0.1) is 12.6 Å². The zero-order valence-electron chi connectivity index (χ0n) is 13.8. The molecule has 1 heterocycles. The highest BCUT2D eigenvalue weighted by molar-refractivity contribution is 6.35. The summed E-state index contributed by atoms with van der Waals surface area (Å²) in [5, 5.41) is 8.34. The molecule has 1 aromatic carbocycles. The lowest BCUT2D eigenvalue weighted by atomic mass is 10.2. The Hall–Kier alpha value is -1.83. The van der Waals surface area contributed by atoms with Crippen LogP contribution in [0, 0.1) is 0 Å². The second-order valence-electron chi connectivity index (χ2n) is 5.68. The Balaban J connectivity index is 1.94. The van der Waals surface area contributed by atoms with Crippen LogP contribution in [0.1, 0.15) is 19.8 Å². The third-order valence-corrected chi connectivity index (χ3v) is 4.17. The molecule has 1 aliphatic heterocycles. The largest absolute Gasteiger partial charge is 0.338 e. The Bertz CT molecular complexity index is 649. The Labute approximate surface area is 156 Å². The number of carbonyl (C=O) groups is 3. The van der Waals surface area contributed by atoms with Crippen LogP contribution in [-0.2, 0) is 9.59 Å². The fraction of sp³-hybridized carbons (Fsp3) is 0.438. The number of benzene rings is 1. The molecule has 136 valence electrons. The first-order valence-electron chi connectivity index (χ1n) is 7.97. The van der Waals surface area contributed by atoms with Crippen molar-refractivity contribution in [1.82, 2.24) is 15.5 Å². The highest BCUT2D eigenvalue weighted by Gasteiger charge is 2.32. The number of nitrogens with zero attached hydrogens (tertiary/aromatic N) is 1. The van der Waals surface area contributed by atoms with Gasteiger partial charge in [-0.2, -0.15) is 0 Å². The van der Waals surface area contributed by atoms with E-state index in [0.29, 0.717) is 35.2 Å². The summed E-state index contributed by atoms with van der Waals surface area (Å²) in [5.74, 6) is -0.682. The Morgan fingerprint density at radius 3 is 2.52 bits per heavy atom. The molecule has 9 heteroatoms. The molecular formula is C16H20Cl2N4O3. The normalized spacial score (nSPS) is 17.2. The van der Waals surface area contributed by atoms with Gasteiger partial charge in [-0.1, -0.05) is 23.2 Å². The zero-order valence-corrected chi connectivity index (χ0v) is 15.3. The van der Waals surface area contributed by atoms with E-state index in [9.17, 15) is 14.4 Å². The van der Waals surface area contributed by atoms with Crippen LogP contribution in [0.2, 0.25) is 10.0 Å². The number of anilines is 1. The van der Waals surface area contributed by atoms with Gasteiger partial charge in [-0.05, 0) is 44.5 Å². The number of imide groups is 1. The van der Waals surface area contributed by atoms with Crippen molar-refractivity contribution in [2.75, 3.05) is 25.0 Å². The van der Waals surface area contributed by atoms with Crippen LogP contribution < -0.4 is 16.0 Å². The van der Waals surface area contributed by atoms with Crippen molar-refractivity contribution in [3.63, 3.8) is 0 Å². The van der Waals surface area contributed by atoms with Crippen molar-refractivity contribution in [2.24, 2.45) is 0 Å². The van der Waals surface area contributed by atoms with Crippen LogP contribution >= 0.6 is 23.2 Å². The number of rotatable bonds is 5. The van der Waals surface area contributed by atoms with Gasteiger partial charge in [0.2, 0.25) is 11.8 Å². The molecule has 0 spiro atoms. The van der Waals surface area contributed by atoms with Crippen LogP contribution in [-0.4, -0.2) is 48.4 Å². The number of nitrogens with one attached hydrogen (secondary N) is 3. The lowest BCUT2D eigenvalue weighted by molar-refractivity contribution is -0.124. The Morgan fingerprint density at radius 1 is 1.20 bits per heavy atom. The minimum Gasteiger partial charge on any atom is -0.338 e. The summed E-state index contributed by atoms with van der Waals surface area (Å²) in [7, 11) is 0. The number of halogens is 2. The minimum absolute atomic E-state index is 0.0223. The van der Waals surface area contributed by atoms with Gasteiger partial charge in [0.15, 0.2) is 0 Å². The number of likely N-dealkylation sites (tertiary alicyclic amines) is 1. The second kappa shape index (κ2) is 9.03. The smallest absolute Gasteiger partial charge is 0.321 e. The van der Waals surface area contributed by atoms with Crippen molar-refractivity contribution in [3.8, 4) is 0 Å². The quantitative estimate of drug-likeness (QED) is 0.723. The van der Waals surface area contributed by atoms with Crippen molar-refractivity contribution >= 4 is 46.7 Å². The van der Waals surface area contributed by atoms with Gasteiger partial charge in [-0.15, -0.1) is 0 Å². The molecule has 1 fully saturated rings. The first kappa shape index (κ1) is 19.5. The number of carbonyl (C=O) groups excluding carboxylic acids is 3. The van der Waals surface area contributed by atoms with E-state index in [-0.39, 0.29) is 12.5 Å². The number of hydrogen-bond acceptors (Lipinski definition) is 4. The zero-order chi connectivity index (χ0) is 18.4. The molecule has 4 amide bonds. The molecule has 1 saturated heterocycles. The van der Waals surface area contributed by atoms with E-state index in [0.717, 1.165) is 6.42 Å². The van der Waals surface area contributed by atoms with Crippen molar-refractivity contribution in [1.29, 1.82) is 0 Å². The lowest BCUT2D eigenvalue weighted by Gasteiger charge is -2.23. The molecule has 1 aromatic rings. The number of urea groups is 1. The molecule has 0 bridgehead atoms. The molecular weight excluding hydrogens is 367 g/mol. The minimum atomic E-state index is -0.540. The molecule has 1 atom stereocenters. The first-order valence-corrected chi connectivity index (χ1v) is 8.73. The first-order chi connectivity index (χ1) is 11.9. The van der Waals surface area contributed by atoms with Crippen molar-refractivity contribution in [2.45, 2.75) is 25.8 Å². The van der Waals surface area contributed by atoms with E-state index in [2.05, 4.69) is 16.0 Å². The fourth-order valence-electron chi connectivity index (χ4n) is 2.72. The summed E-state index contributed by atoms with van der Waals surface area (Å²) in [5.41, 5.74) is 0.501. The topological polar surface area (TPSA) is 90.5 Å². The van der Waals surface area contributed by atoms with Gasteiger partial charge < -0.3 is 10.6 Å². The molecule has 3 N–H and O–H groups in total. The summed E-state index contributed by atoms with van der Waals surface area (Å²) in [6.07, 6.45) is 1.43. The summed E-state index contributed by atoms with van der Waals surface area (Å²) in [6.45, 7) is 2.77. The van der Waals surface area contributed by atoms with Crippen LogP contribution in [0.3, 0.4) is 0 Å². The summed E-state index contributed by atoms with van der Waals surface area (Å²) >= 11 is 11.9. The number of amides is 4. The summed E-state index contributed by atoms with van der Waals surface area (Å²) in [6, 6.07) is 3.80. The maximum absolute atomic E-state index is 12.5. The molecule has 0 aromatic heterocycles. The molecule has 7 nitrogen and oxygen atoms in total. The predicted molar refractivity (Wildman–Crippen MR) is 96.9 cm³/mol. The maximum Gasteiger partial charge on any atom is 0.321 e. The van der Waals surface area contributed by atoms with Gasteiger partial charge in [0.25, 0.3) is 0 Å². The van der Waals surface area contributed by atoms with Crippen LogP contribution in [0.25, 0.3) is 0 Å². The molecule has 1 unspecified atom stereocenters. The van der Waals surface area contributed by atoms with Crippen LogP contribution in [0.15, 0.2) is 18.2 Å². The monoisotopic (exact) mass is 386 g/mol. The summed E-state index contributed by atoms with van der Waals surface area (Å²) < 4.78 is 0. The van der Waals surface area contributed by atoms with Crippen LogP contribution in [0.5, 0.6) is 0 Å². The highest BCUT2D eigenvalue weighted by atomic mass is 35.5. The maximum atomic E-state index is 12.5. The van der Waals surface area contributed by atoms with E-state index in [1.54, 1.807) is 30.0 Å². The second-order valence-corrected chi connectivity index (χ2v) is 6.56. The molecule has 0 saturated carbocycles. The van der Waals surface area contributed by atoms with Crippen molar-refractivity contribution in [3.05, 3.63) is 28.2 Å². The van der Waals surface area contributed by atoms with Gasteiger partial charge in [0.1, 0.15) is 0 Å². The molecule has 0 radical (unpaired) electrons. The third-order valence-electron chi connectivity index (χ3n) is 3.73. The summed E-state index contributed by atoms with van der Waals surface area (Å²) in [4.78, 5) is 37.6. The standard InChI is InChI=1S/C16H20Cl2N4O3/c1-2-19-16(25)21-14(23)9-22-5-3-4-13(22)15(24)20-12-7-10(17)6-11(18)8-12/h6-8,13H,2-5,9H2,1H3,(H,20,24)(H2,19,21,23,25). The molecule has 0 aliphatic carbocycles. The molecule has 2 rings (SSSR count). The number of hydrogen-bond donors (Lipinski definition) is 3. The van der Waals surface area contributed by atoms with Crippen LogP contribution in [0.4, 0.5) is 10.5 Å². The van der Waals surface area contributed by atoms with Crippen molar-refractivity contribution < 1.29 is 14.4 Å². The highest BCUT2D eigenvalue weighted by Crippen LogP contribution is 2.24. The molecule has 25 heavy (non-hydrogen) atoms. The van der Waals surface area contributed by atoms with Gasteiger partial charge >= 0.3 is 6.03 Å². The van der Waals surface area contributed by atoms with Gasteiger partial charge in [0, 0.05) is 22.3 Å². The lowest BCUT2D eigenvalue weighted by Crippen LogP contribution is -2.48. The SMILES string of the molecule is CCNC(=O)NC(=O)CN1CCCC1C(=O)Nc1cc(Cl)cc(Cl)c1. The van der Waals surface area contributed by atoms with E-state index < -0.39 is 18.0 Å². The van der Waals surface area contributed by atoms with Gasteiger partial charge in [-0.25, -0.2) is 4.79 Å². The average molecular weight is 387 g/mol. The molecule has 1 aliphatic rings. The Morgan fingerprint density at radius 2 is 1.88 bits per heavy atom. The predicted octanol–water partition coefficient (Wildman–Crippen LogP) is 2.24. The van der Waals surface area contributed by atoms with Gasteiger partial charge in [-0.3, -0.25) is 19.8 Å². The average Bonchev–Trinajstić information content (AvgIpc) is 2.94. The van der Waals surface area contributed by atoms with E-state index in [1.165, 1.54) is 0 Å². The third kappa shape index (κ3) is 5.88. The van der Waals surface area contributed by atoms with E-state index in [1.807, 2.05) is 0 Å².